The molecule has 1 amide bonds. The first-order chi connectivity index (χ1) is 14.2. The summed E-state index contributed by atoms with van der Waals surface area (Å²) in [6.45, 7) is 8.87. The number of unbranched alkanes of at least 4 members (excludes halogenated alkanes) is 3. The maximum Gasteiger partial charge on any atom is 0.221 e. The molecule has 0 saturated heterocycles. The number of benzene rings is 1. The Balaban J connectivity index is 1.80. The van der Waals surface area contributed by atoms with Crippen molar-refractivity contribution in [2.75, 3.05) is 64.8 Å². The largest absolute Gasteiger partial charge is 0.491 e. The number of carbonyl (C=O) groups is 1. The van der Waals surface area contributed by atoms with E-state index in [1.54, 1.807) is 12.1 Å². The van der Waals surface area contributed by atoms with Gasteiger partial charge >= 0.3 is 0 Å². The summed E-state index contributed by atoms with van der Waals surface area (Å²) >= 11 is 0. The molecule has 0 aliphatic heterocycles. The minimum Gasteiger partial charge on any atom is -0.491 e. The smallest absolute Gasteiger partial charge is 0.221 e. The summed E-state index contributed by atoms with van der Waals surface area (Å²) in [6.07, 6.45) is 4.90. The second kappa shape index (κ2) is 18.4. The van der Waals surface area contributed by atoms with Gasteiger partial charge in [0, 0.05) is 19.2 Å². The molecule has 0 aliphatic rings. The number of amides is 1. The number of hydrogen-bond donors (Lipinski definition) is 1. The lowest BCUT2D eigenvalue weighted by atomic mass is 10.2. The molecule has 0 unspecified atom stereocenters. The summed E-state index contributed by atoms with van der Waals surface area (Å²) in [5.74, 6) is 0.643. The van der Waals surface area contributed by atoms with E-state index in [1.807, 2.05) is 12.1 Å². The van der Waals surface area contributed by atoms with Gasteiger partial charge in [-0.15, -0.1) is 0 Å². The number of anilines is 1. The average Bonchev–Trinajstić information content (AvgIpc) is 2.71. The van der Waals surface area contributed by atoms with E-state index in [0.717, 1.165) is 24.5 Å². The van der Waals surface area contributed by atoms with E-state index >= 15 is 0 Å². The van der Waals surface area contributed by atoms with Crippen LogP contribution in [0, 0.1) is 0 Å². The molecule has 0 aliphatic carbocycles. The Morgan fingerprint density at radius 2 is 1.24 bits per heavy atom. The normalized spacial score (nSPS) is 10.8. The lowest BCUT2D eigenvalue weighted by molar-refractivity contribution is -0.114. The number of ether oxygens (including phenoxy) is 5. The SMILES string of the molecule is CCCCCCOCCOCCOCCOCCOc1ccc(NC(C)=O)cc1. The molecule has 1 aromatic carbocycles. The summed E-state index contributed by atoms with van der Waals surface area (Å²) in [5, 5.41) is 2.71. The van der Waals surface area contributed by atoms with Gasteiger partial charge in [-0.25, -0.2) is 0 Å². The minimum absolute atomic E-state index is 0.0944. The highest BCUT2D eigenvalue weighted by Gasteiger charge is 1.98. The van der Waals surface area contributed by atoms with Crippen LogP contribution in [0.1, 0.15) is 39.5 Å². The topological polar surface area (TPSA) is 75.2 Å². The number of carbonyl (C=O) groups excluding carboxylic acids is 1. The fourth-order valence-corrected chi connectivity index (χ4v) is 2.45. The van der Waals surface area contributed by atoms with Crippen molar-refractivity contribution < 1.29 is 28.5 Å². The molecule has 1 N–H and O–H groups in total. The Bertz CT molecular complexity index is 509. The lowest BCUT2D eigenvalue weighted by Gasteiger charge is -2.09. The van der Waals surface area contributed by atoms with Crippen molar-refractivity contribution in [3.63, 3.8) is 0 Å². The molecule has 0 spiro atoms. The van der Waals surface area contributed by atoms with Gasteiger partial charge in [-0.05, 0) is 30.7 Å². The van der Waals surface area contributed by atoms with Gasteiger partial charge in [-0.2, -0.15) is 0 Å². The molecule has 0 radical (unpaired) electrons. The zero-order valence-electron chi connectivity index (χ0n) is 18.0. The first-order valence-corrected chi connectivity index (χ1v) is 10.5. The van der Waals surface area contributed by atoms with E-state index in [-0.39, 0.29) is 5.91 Å². The molecular weight excluding hydrogens is 374 g/mol. The first-order valence-electron chi connectivity index (χ1n) is 10.5. The van der Waals surface area contributed by atoms with E-state index in [4.69, 9.17) is 23.7 Å². The average molecular weight is 412 g/mol. The zero-order valence-corrected chi connectivity index (χ0v) is 18.0. The Hall–Kier alpha value is -1.67. The highest BCUT2D eigenvalue weighted by atomic mass is 16.6. The van der Waals surface area contributed by atoms with Crippen LogP contribution in [0.5, 0.6) is 5.75 Å². The van der Waals surface area contributed by atoms with Crippen molar-refractivity contribution in [3.8, 4) is 5.75 Å². The highest BCUT2D eigenvalue weighted by molar-refractivity contribution is 5.88. The predicted molar refractivity (Wildman–Crippen MR) is 114 cm³/mol. The highest BCUT2D eigenvalue weighted by Crippen LogP contribution is 2.15. The van der Waals surface area contributed by atoms with Crippen molar-refractivity contribution in [1.29, 1.82) is 0 Å². The molecule has 1 rings (SSSR count). The van der Waals surface area contributed by atoms with Crippen molar-refractivity contribution in [2.24, 2.45) is 0 Å². The first kappa shape index (κ1) is 25.4. The summed E-state index contributed by atoms with van der Waals surface area (Å²) in [7, 11) is 0. The molecule has 7 nitrogen and oxygen atoms in total. The van der Waals surface area contributed by atoms with Crippen LogP contribution in [-0.4, -0.2) is 65.4 Å². The summed E-state index contributed by atoms with van der Waals surface area (Å²) in [4.78, 5) is 11.0. The third-order valence-corrected chi connectivity index (χ3v) is 3.93. The number of nitrogens with one attached hydrogen (secondary N) is 1. The molecule has 166 valence electrons. The Morgan fingerprint density at radius 3 is 1.76 bits per heavy atom. The third-order valence-electron chi connectivity index (χ3n) is 3.93. The van der Waals surface area contributed by atoms with E-state index in [2.05, 4.69) is 12.2 Å². The maximum atomic E-state index is 11.0. The van der Waals surface area contributed by atoms with Crippen LogP contribution in [-0.2, 0) is 23.7 Å². The lowest BCUT2D eigenvalue weighted by Crippen LogP contribution is -2.14. The van der Waals surface area contributed by atoms with Crippen molar-refractivity contribution in [1.82, 2.24) is 0 Å². The van der Waals surface area contributed by atoms with Crippen LogP contribution in [0.4, 0.5) is 5.69 Å². The van der Waals surface area contributed by atoms with Crippen molar-refractivity contribution in [3.05, 3.63) is 24.3 Å². The van der Waals surface area contributed by atoms with Gasteiger partial charge in [-0.1, -0.05) is 26.2 Å². The van der Waals surface area contributed by atoms with Gasteiger partial charge in [-0.3, -0.25) is 4.79 Å². The zero-order chi connectivity index (χ0) is 21.0. The second-order valence-corrected chi connectivity index (χ2v) is 6.56. The van der Waals surface area contributed by atoms with Crippen LogP contribution in [0.2, 0.25) is 0 Å². The van der Waals surface area contributed by atoms with Crippen LogP contribution in [0.3, 0.4) is 0 Å². The Morgan fingerprint density at radius 1 is 0.724 bits per heavy atom. The number of rotatable bonds is 19. The molecule has 0 saturated carbocycles. The quantitative estimate of drug-likeness (QED) is 0.350. The summed E-state index contributed by atoms with van der Waals surface area (Å²) in [6, 6.07) is 7.22. The maximum absolute atomic E-state index is 11.0. The van der Waals surface area contributed by atoms with Gasteiger partial charge in [0.2, 0.25) is 5.91 Å². The molecular formula is C22H37NO6. The minimum atomic E-state index is -0.0944. The molecule has 0 bridgehead atoms. The second-order valence-electron chi connectivity index (χ2n) is 6.56. The van der Waals surface area contributed by atoms with E-state index < -0.39 is 0 Å². The van der Waals surface area contributed by atoms with Crippen LogP contribution in [0.25, 0.3) is 0 Å². The van der Waals surface area contributed by atoms with E-state index in [9.17, 15) is 4.79 Å². The van der Waals surface area contributed by atoms with E-state index in [1.165, 1.54) is 26.2 Å². The molecule has 0 fully saturated rings. The molecule has 7 heteroatoms. The van der Waals surface area contributed by atoms with Crippen LogP contribution in [0.15, 0.2) is 24.3 Å². The molecule has 0 atom stereocenters. The van der Waals surface area contributed by atoms with Crippen molar-refractivity contribution in [2.45, 2.75) is 39.5 Å². The molecule has 29 heavy (non-hydrogen) atoms. The summed E-state index contributed by atoms with van der Waals surface area (Å²) < 4.78 is 27.4. The number of hydrogen-bond acceptors (Lipinski definition) is 6. The van der Waals surface area contributed by atoms with Gasteiger partial charge in [0.15, 0.2) is 0 Å². The van der Waals surface area contributed by atoms with Gasteiger partial charge < -0.3 is 29.0 Å². The fraction of sp³-hybridized carbons (Fsp3) is 0.682. The van der Waals surface area contributed by atoms with Gasteiger partial charge in [0.1, 0.15) is 12.4 Å². The molecule has 0 heterocycles. The Kier molecular flexibility index (Phi) is 16.1. The molecule has 0 aromatic heterocycles. The van der Waals surface area contributed by atoms with Crippen LogP contribution < -0.4 is 10.1 Å². The standard InChI is InChI=1S/C22H37NO6/c1-3-4-5-6-11-25-12-13-26-14-15-27-16-17-28-18-19-29-22-9-7-21(8-10-22)23-20(2)24/h7-10H,3-6,11-19H2,1-2H3,(H,23,24). The predicted octanol–water partition coefficient (Wildman–Crippen LogP) is 3.67. The monoisotopic (exact) mass is 411 g/mol. The Labute approximate surface area is 175 Å². The van der Waals surface area contributed by atoms with Gasteiger partial charge in [0.05, 0.1) is 46.2 Å². The fourth-order valence-electron chi connectivity index (χ4n) is 2.45. The molecule has 1 aromatic rings. The van der Waals surface area contributed by atoms with E-state index in [0.29, 0.717) is 52.9 Å². The van der Waals surface area contributed by atoms with Crippen molar-refractivity contribution >= 4 is 11.6 Å². The third kappa shape index (κ3) is 15.9. The van der Waals surface area contributed by atoms with Gasteiger partial charge in [0.25, 0.3) is 0 Å². The van der Waals surface area contributed by atoms with Crippen LogP contribution >= 0.6 is 0 Å². The summed E-state index contributed by atoms with van der Waals surface area (Å²) in [5.41, 5.74) is 0.747.